The van der Waals surface area contributed by atoms with E-state index >= 15 is 0 Å². The SMILES string of the molecule is C[C@@H]1O[CH+][C@H](O)[C@H](O)[C@H]1O. The van der Waals surface area contributed by atoms with Crippen molar-refractivity contribution in [2.24, 2.45) is 0 Å². The standard InChI is InChI=1S/C6H11O4/c1-3-5(8)6(9)4(7)2-10-3/h2-9H,1H3/q+1/t3-,4-,5-,6-/m0/s1. The third-order valence-corrected chi connectivity index (χ3v) is 1.61. The molecule has 4 atom stereocenters. The van der Waals surface area contributed by atoms with Crippen LogP contribution in [0.5, 0.6) is 0 Å². The number of hydrogen-bond donors (Lipinski definition) is 3. The largest absolute Gasteiger partial charge is 0.387 e. The fourth-order valence-electron chi connectivity index (χ4n) is 0.845. The van der Waals surface area contributed by atoms with E-state index in [9.17, 15) is 0 Å². The number of aliphatic hydroxyl groups excluding tert-OH is 3. The van der Waals surface area contributed by atoms with Gasteiger partial charge in [-0.15, -0.1) is 0 Å². The highest BCUT2D eigenvalue weighted by Gasteiger charge is 2.42. The van der Waals surface area contributed by atoms with Gasteiger partial charge in [-0.05, 0) is 6.92 Å². The van der Waals surface area contributed by atoms with Gasteiger partial charge in [0.15, 0.2) is 6.10 Å². The first-order chi connectivity index (χ1) is 4.63. The predicted octanol–water partition coefficient (Wildman–Crippen LogP) is -1.35. The topological polar surface area (TPSA) is 69.9 Å². The van der Waals surface area contributed by atoms with Crippen LogP contribution >= 0.6 is 0 Å². The molecule has 3 N–H and O–H groups in total. The summed E-state index contributed by atoms with van der Waals surface area (Å²) in [5, 5.41) is 26.9. The Morgan fingerprint density at radius 2 is 1.80 bits per heavy atom. The Bertz CT molecular complexity index is 102. The van der Waals surface area contributed by atoms with E-state index in [-0.39, 0.29) is 0 Å². The van der Waals surface area contributed by atoms with Gasteiger partial charge in [-0.1, -0.05) is 0 Å². The van der Waals surface area contributed by atoms with Crippen molar-refractivity contribution in [2.45, 2.75) is 31.3 Å². The molecule has 0 aromatic rings. The third-order valence-electron chi connectivity index (χ3n) is 1.61. The van der Waals surface area contributed by atoms with E-state index in [0.717, 1.165) is 6.61 Å². The zero-order valence-corrected chi connectivity index (χ0v) is 5.64. The van der Waals surface area contributed by atoms with Gasteiger partial charge in [-0.2, -0.15) is 4.74 Å². The Balaban J connectivity index is 2.52. The maximum Gasteiger partial charge on any atom is 0.261 e. The first-order valence-electron chi connectivity index (χ1n) is 3.16. The molecule has 0 bridgehead atoms. The maximum absolute atomic E-state index is 9.06. The Hall–Kier alpha value is -0.290. The summed E-state index contributed by atoms with van der Waals surface area (Å²) < 4.78 is 4.79. The highest BCUT2D eigenvalue weighted by atomic mass is 16.5. The molecule has 4 heteroatoms. The molecule has 58 valence electrons. The van der Waals surface area contributed by atoms with Crippen molar-refractivity contribution in [1.82, 2.24) is 0 Å². The second-order valence-corrected chi connectivity index (χ2v) is 2.45. The zero-order valence-electron chi connectivity index (χ0n) is 5.64. The average Bonchev–Trinajstić information content (AvgIpc) is 1.93. The summed E-state index contributed by atoms with van der Waals surface area (Å²) in [5.74, 6) is 0. The predicted molar refractivity (Wildman–Crippen MR) is 32.9 cm³/mol. The third kappa shape index (κ3) is 1.24. The molecular weight excluding hydrogens is 136 g/mol. The molecule has 10 heavy (non-hydrogen) atoms. The lowest BCUT2D eigenvalue weighted by molar-refractivity contribution is -0.155. The number of hydrogen-bond acceptors (Lipinski definition) is 4. The summed E-state index contributed by atoms with van der Waals surface area (Å²) in [4.78, 5) is 0. The van der Waals surface area contributed by atoms with Gasteiger partial charge in [0.2, 0.25) is 0 Å². The number of ether oxygens (including phenoxy) is 1. The highest BCUT2D eigenvalue weighted by molar-refractivity contribution is 4.89. The minimum Gasteiger partial charge on any atom is -0.387 e. The van der Waals surface area contributed by atoms with Crippen LogP contribution in [0, 0.1) is 6.61 Å². The van der Waals surface area contributed by atoms with Crippen LogP contribution in [-0.2, 0) is 4.74 Å². The van der Waals surface area contributed by atoms with Crippen molar-refractivity contribution < 1.29 is 20.1 Å². The molecule has 1 fully saturated rings. The van der Waals surface area contributed by atoms with E-state index < -0.39 is 24.4 Å². The fraction of sp³-hybridized carbons (Fsp3) is 0.833. The van der Waals surface area contributed by atoms with Gasteiger partial charge in [0, 0.05) is 0 Å². The van der Waals surface area contributed by atoms with Gasteiger partial charge in [-0.25, -0.2) is 0 Å². The van der Waals surface area contributed by atoms with Crippen LogP contribution in [0.25, 0.3) is 0 Å². The summed E-state index contributed by atoms with van der Waals surface area (Å²) in [7, 11) is 0. The summed E-state index contributed by atoms with van der Waals surface area (Å²) >= 11 is 0. The van der Waals surface area contributed by atoms with E-state index in [1.54, 1.807) is 6.92 Å². The van der Waals surface area contributed by atoms with Gasteiger partial charge in [-0.3, -0.25) is 0 Å². The lowest BCUT2D eigenvalue weighted by Gasteiger charge is -2.25. The second kappa shape index (κ2) is 2.75. The van der Waals surface area contributed by atoms with E-state index in [4.69, 9.17) is 20.1 Å². The van der Waals surface area contributed by atoms with E-state index in [0.29, 0.717) is 0 Å². The Labute approximate surface area is 59.1 Å². The van der Waals surface area contributed by atoms with Crippen LogP contribution in [-0.4, -0.2) is 39.7 Å². The molecule has 0 unspecified atom stereocenters. The summed E-state index contributed by atoms with van der Waals surface area (Å²) in [6.45, 7) is 2.75. The number of aliphatic hydroxyl groups is 3. The molecule has 0 aromatic carbocycles. The lowest BCUT2D eigenvalue weighted by Crippen LogP contribution is -2.49. The Morgan fingerprint density at radius 1 is 1.20 bits per heavy atom. The van der Waals surface area contributed by atoms with Gasteiger partial charge < -0.3 is 15.3 Å². The summed E-state index contributed by atoms with van der Waals surface area (Å²) in [5.41, 5.74) is 0. The smallest absolute Gasteiger partial charge is 0.261 e. The molecule has 0 aliphatic carbocycles. The quantitative estimate of drug-likeness (QED) is 0.370. The molecule has 0 spiro atoms. The first kappa shape index (κ1) is 7.81. The van der Waals surface area contributed by atoms with Crippen molar-refractivity contribution in [2.75, 3.05) is 0 Å². The monoisotopic (exact) mass is 147 g/mol. The molecule has 1 aliphatic heterocycles. The van der Waals surface area contributed by atoms with E-state index in [1.807, 2.05) is 0 Å². The first-order valence-corrected chi connectivity index (χ1v) is 3.16. The van der Waals surface area contributed by atoms with Gasteiger partial charge >= 0.3 is 0 Å². The Morgan fingerprint density at radius 3 is 2.30 bits per heavy atom. The van der Waals surface area contributed by atoms with Gasteiger partial charge in [0.1, 0.15) is 12.2 Å². The Kier molecular flexibility index (Phi) is 2.15. The van der Waals surface area contributed by atoms with Gasteiger partial charge in [0.25, 0.3) is 12.7 Å². The fourth-order valence-corrected chi connectivity index (χ4v) is 0.845. The summed E-state index contributed by atoms with van der Waals surface area (Å²) in [6.07, 6.45) is -3.65. The lowest BCUT2D eigenvalue weighted by atomic mass is 10.0. The van der Waals surface area contributed by atoms with Crippen molar-refractivity contribution in [1.29, 1.82) is 0 Å². The van der Waals surface area contributed by atoms with Crippen LogP contribution in [0.3, 0.4) is 0 Å². The summed E-state index contributed by atoms with van der Waals surface area (Å²) in [6, 6.07) is 0. The molecule has 1 aliphatic rings. The molecular formula is C6H11O4+. The van der Waals surface area contributed by atoms with Crippen LogP contribution < -0.4 is 0 Å². The van der Waals surface area contributed by atoms with Crippen molar-refractivity contribution in [3.8, 4) is 0 Å². The second-order valence-electron chi connectivity index (χ2n) is 2.45. The maximum atomic E-state index is 9.06. The minimum absolute atomic E-state index is 0.446. The van der Waals surface area contributed by atoms with E-state index in [1.165, 1.54) is 0 Å². The van der Waals surface area contributed by atoms with Crippen LogP contribution in [0.4, 0.5) is 0 Å². The average molecular weight is 147 g/mol. The molecule has 1 saturated heterocycles. The molecule has 0 amide bonds. The minimum atomic E-state index is -1.12. The van der Waals surface area contributed by atoms with Crippen LogP contribution in [0.2, 0.25) is 0 Å². The molecule has 4 nitrogen and oxygen atoms in total. The number of rotatable bonds is 0. The molecule has 1 rings (SSSR count). The normalized spacial score (nSPS) is 48.4. The van der Waals surface area contributed by atoms with Crippen molar-refractivity contribution >= 4 is 0 Å². The van der Waals surface area contributed by atoms with E-state index in [2.05, 4.69) is 0 Å². The highest BCUT2D eigenvalue weighted by Crippen LogP contribution is 2.17. The zero-order chi connectivity index (χ0) is 7.72. The van der Waals surface area contributed by atoms with Crippen LogP contribution in [0.15, 0.2) is 0 Å². The van der Waals surface area contributed by atoms with Crippen LogP contribution in [0.1, 0.15) is 6.92 Å². The molecule has 0 radical (unpaired) electrons. The van der Waals surface area contributed by atoms with Crippen molar-refractivity contribution in [3.05, 3.63) is 6.61 Å². The molecule has 0 saturated carbocycles. The molecule has 0 aromatic heterocycles. The molecule has 1 heterocycles. The van der Waals surface area contributed by atoms with Gasteiger partial charge in [0.05, 0.1) is 0 Å². The van der Waals surface area contributed by atoms with Crippen molar-refractivity contribution in [3.63, 3.8) is 0 Å².